The number of nitrogens with one attached hydrogen (secondary N) is 1. The number of rotatable bonds is 5. The lowest BCUT2D eigenvalue weighted by atomic mass is 10.1. The maximum Gasteiger partial charge on any atom is 0.251 e. The van der Waals surface area contributed by atoms with Crippen molar-refractivity contribution in [3.05, 3.63) is 23.8 Å². The van der Waals surface area contributed by atoms with Gasteiger partial charge in [-0.2, -0.15) is 0 Å². The molecule has 94 valence electrons. The van der Waals surface area contributed by atoms with Gasteiger partial charge in [-0.25, -0.2) is 0 Å². The quantitative estimate of drug-likeness (QED) is 0.512. The van der Waals surface area contributed by atoms with Gasteiger partial charge in [-0.1, -0.05) is 0 Å². The minimum absolute atomic E-state index is 0.0126. The SMILES string of the molecule is COc1ccc(C(=O)NCC(O)CO)cc1N. The first-order valence-corrected chi connectivity index (χ1v) is 5.09. The molecular formula is C11H16N2O4. The number of methoxy groups -OCH3 is 1. The van der Waals surface area contributed by atoms with Gasteiger partial charge in [0.05, 0.1) is 25.5 Å². The second-order valence-electron chi connectivity index (χ2n) is 3.50. The number of nitrogens with two attached hydrogens (primary N) is 1. The molecule has 0 saturated carbocycles. The summed E-state index contributed by atoms with van der Waals surface area (Å²) in [6, 6.07) is 4.64. The summed E-state index contributed by atoms with van der Waals surface area (Å²) in [7, 11) is 1.49. The molecule has 1 aromatic carbocycles. The minimum Gasteiger partial charge on any atom is -0.495 e. The van der Waals surface area contributed by atoms with E-state index in [9.17, 15) is 4.79 Å². The van der Waals surface area contributed by atoms with Crippen LogP contribution in [0.3, 0.4) is 0 Å². The van der Waals surface area contributed by atoms with Crippen molar-refractivity contribution in [2.75, 3.05) is 26.0 Å². The lowest BCUT2D eigenvalue weighted by Gasteiger charge is -2.10. The Hall–Kier alpha value is -1.79. The van der Waals surface area contributed by atoms with E-state index in [1.807, 2.05) is 0 Å². The van der Waals surface area contributed by atoms with E-state index in [1.54, 1.807) is 12.1 Å². The lowest BCUT2D eigenvalue weighted by molar-refractivity contribution is 0.0802. The monoisotopic (exact) mass is 240 g/mol. The molecule has 0 heterocycles. The van der Waals surface area contributed by atoms with Crippen molar-refractivity contribution in [2.45, 2.75) is 6.10 Å². The zero-order valence-electron chi connectivity index (χ0n) is 9.51. The molecule has 0 radical (unpaired) electrons. The highest BCUT2D eigenvalue weighted by Crippen LogP contribution is 2.21. The number of hydrogen-bond donors (Lipinski definition) is 4. The second kappa shape index (κ2) is 6.07. The minimum atomic E-state index is -0.963. The molecule has 0 fully saturated rings. The van der Waals surface area contributed by atoms with Crippen molar-refractivity contribution >= 4 is 11.6 Å². The van der Waals surface area contributed by atoms with Crippen LogP contribution in [0.1, 0.15) is 10.4 Å². The highest BCUT2D eigenvalue weighted by molar-refractivity contribution is 5.95. The summed E-state index contributed by atoms with van der Waals surface area (Å²) in [4.78, 5) is 11.6. The van der Waals surface area contributed by atoms with E-state index in [1.165, 1.54) is 13.2 Å². The topological polar surface area (TPSA) is 105 Å². The number of anilines is 1. The third kappa shape index (κ3) is 3.61. The van der Waals surface area contributed by atoms with E-state index in [0.29, 0.717) is 17.0 Å². The average molecular weight is 240 g/mol. The molecule has 1 unspecified atom stereocenters. The van der Waals surface area contributed by atoms with Gasteiger partial charge in [0.25, 0.3) is 5.91 Å². The lowest BCUT2D eigenvalue weighted by Crippen LogP contribution is -2.33. The van der Waals surface area contributed by atoms with E-state index in [4.69, 9.17) is 20.7 Å². The molecule has 6 nitrogen and oxygen atoms in total. The van der Waals surface area contributed by atoms with Crippen LogP contribution in [0.2, 0.25) is 0 Å². The summed E-state index contributed by atoms with van der Waals surface area (Å²) in [5.41, 5.74) is 6.39. The summed E-state index contributed by atoms with van der Waals surface area (Å²) in [5.74, 6) is 0.129. The van der Waals surface area contributed by atoms with Crippen LogP contribution in [0.5, 0.6) is 5.75 Å². The van der Waals surface area contributed by atoms with Crippen molar-refractivity contribution in [3.8, 4) is 5.75 Å². The fourth-order valence-corrected chi connectivity index (χ4v) is 1.25. The summed E-state index contributed by atoms with van der Waals surface area (Å²) in [6.07, 6.45) is -0.963. The molecule has 0 saturated heterocycles. The Kier molecular flexibility index (Phi) is 4.74. The molecule has 1 amide bonds. The van der Waals surface area contributed by atoms with Crippen LogP contribution in [0, 0.1) is 0 Å². The van der Waals surface area contributed by atoms with Gasteiger partial charge in [-0.05, 0) is 18.2 Å². The third-order valence-corrected chi connectivity index (χ3v) is 2.20. The number of carbonyl (C=O) groups excluding carboxylic acids is 1. The van der Waals surface area contributed by atoms with Crippen LogP contribution in [-0.2, 0) is 0 Å². The summed E-state index contributed by atoms with van der Waals surface area (Å²) in [5, 5.41) is 20.1. The Morgan fingerprint density at radius 2 is 2.29 bits per heavy atom. The van der Waals surface area contributed by atoms with Crippen molar-refractivity contribution in [2.24, 2.45) is 0 Å². The van der Waals surface area contributed by atoms with Gasteiger partial charge in [0, 0.05) is 12.1 Å². The Balaban J connectivity index is 2.66. The van der Waals surface area contributed by atoms with Crippen LogP contribution in [-0.4, -0.2) is 42.5 Å². The fraction of sp³-hybridized carbons (Fsp3) is 0.364. The number of nitrogen functional groups attached to an aromatic ring is 1. The normalized spacial score (nSPS) is 11.9. The van der Waals surface area contributed by atoms with Gasteiger partial charge in [0.1, 0.15) is 5.75 Å². The van der Waals surface area contributed by atoms with E-state index in [-0.39, 0.29) is 12.5 Å². The molecule has 0 aliphatic carbocycles. The maximum absolute atomic E-state index is 11.6. The molecule has 0 aromatic heterocycles. The first kappa shape index (κ1) is 13.3. The van der Waals surface area contributed by atoms with Gasteiger partial charge in [0.2, 0.25) is 0 Å². The number of aliphatic hydroxyl groups is 2. The molecule has 6 heteroatoms. The molecule has 0 spiro atoms. The van der Waals surface area contributed by atoms with Crippen molar-refractivity contribution in [3.63, 3.8) is 0 Å². The number of carbonyl (C=O) groups is 1. The summed E-state index contributed by atoms with van der Waals surface area (Å²) < 4.78 is 4.97. The molecule has 1 rings (SSSR count). The maximum atomic E-state index is 11.6. The largest absolute Gasteiger partial charge is 0.495 e. The molecule has 5 N–H and O–H groups in total. The van der Waals surface area contributed by atoms with Crippen LogP contribution >= 0.6 is 0 Å². The van der Waals surface area contributed by atoms with Crippen LogP contribution in [0.4, 0.5) is 5.69 Å². The molecule has 17 heavy (non-hydrogen) atoms. The number of benzene rings is 1. The van der Waals surface area contributed by atoms with E-state index < -0.39 is 12.7 Å². The Bertz CT molecular complexity index is 395. The Morgan fingerprint density at radius 3 is 2.82 bits per heavy atom. The van der Waals surface area contributed by atoms with E-state index in [0.717, 1.165) is 0 Å². The predicted molar refractivity (Wildman–Crippen MR) is 62.8 cm³/mol. The van der Waals surface area contributed by atoms with Crippen LogP contribution in [0.25, 0.3) is 0 Å². The molecule has 1 atom stereocenters. The zero-order chi connectivity index (χ0) is 12.8. The molecule has 0 bridgehead atoms. The molecule has 0 aliphatic heterocycles. The van der Waals surface area contributed by atoms with Crippen molar-refractivity contribution in [1.29, 1.82) is 0 Å². The average Bonchev–Trinajstić information content (AvgIpc) is 2.35. The summed E-state index contributed by atoms with van der Waals surface area (Å²) >= 11 is 0. The molecular weight excluding hydrogens is 224 g/mol. The molecule has 1 aromatic rings. The van der Waals surface area contributed by atoms with Crippen molar-refractivity contribution < 1.29 is 19.7 Å². The van der Waals surface area contributed by atoms with E-state index >= 15 is 0 Å². The number of ether oxygens (including phenoxy) is 1. The highest BCUT2D eigenvalue weighted by atomic mass is 16.5. The smallest absolute Gasteiger partial charge is 0.251 e. The third-order valence-electron chi connectivity index (χ3n) is 2.20. The van der Waals surface area contributed by atoms with Gasteiger partial charge in [-0.15, -0.1) is 0 Å². The highest BCUT2D eigenvalue weighted by Gasteiger charge is 2.10. The second-order valence-corrected chi connectivity index (χ2v) is 3.50. The van der Waals surface area contributed by atoms with Gasteiger partial charge >= 0.3 is 0 Å². The number of aliphatic hydroxyl groups excluding tert-OH is 2. The fourth-order valence-electron chi connectivity index (χ4n) is 1.25. The summed E-state index contributed by atoms with van der Waals surface area (Å²) in [6.45, 7) is -0.410. The first-order valence-electron chi connectivity index (χ1n) is 5.09. The van der Waals surface area contributed by atoms with Gasteiger partial charge < -0.3 is 26.0 Å². The van der Waals surface area contributed by atoms with Crippen LogP contribution in [0.15, 0.2) is 18.2 Å². The number of hydrogen-bond acceptors (Lipinski definition) is 5. The molecule has 0 aliphatic rings. The Labute approximate surface area is 99.0 Å². The standard InChI is InChI=1S/C11H16N2O4/c1-17-10-3-2-7(4-9(10)12)11(16)13-5-8(15)6-14/h2-4,8,14-15H,5-6,12H2,1H3,(H,13,16). The van der Waals surface area contributed by atoms with Crippen molar-refractivity contribution in [1.82, 2.24) is 5.32 Å². The zero-order valence-corrected chi connectivity index (χ0v) is 9.51. The first-order chi connectivity index (χ1) is 8.08. The van der Waals surface area contributed by atoms with E-state index in [2.05, 4.69) is 5.32 Å². The number of amides is 1. The Morgan fingerprint density at radius 1 is 1.59 bits per heavy atom. The predicted octanol–water partition coefficient (Wildman–Crippen LogP) is -0.640. The van der Waals surface area contributed by atoms with Crippen LogP contribution < -0.4 is 15.8 Å². The van der Waals surface area contributed by atoms with Gasteiger partial charge in [-0.3, -0.25) is 4.79 Å². The van der Waals surface area contributed by atoms with Gasteiger partial charge in [0.15, 0.2) is 0 Å².